The third-order valence-corrected chi connectivity index (χ3v) is 2.58. The number of hydrogen-bond donors (Lipinski definition) is 1. The van der Waals surface area contributed by atoms with Crippen molar-refractivity contribution >= 4 is 17.5 Å². The van der Waals surface area contributed by atoms with Gasteiger partial charge in [0.1, 0.15) is 11.5 Å². The third kappa shape index (κ3) is 2.18. The highest BCUT2D eigenvalue weighted by Gasteiger charge is 2.27. The number of fused-ring (bicyclic) bond motifs is 1. The second kappa shape index (κ2) is 4.53. The Morgan fingerprint density at radius 1 is 1.16 bits per heavy atom. The van der Waals surface area contributed by atoms with Gasteiger partial charge in [0.15, 0.2) is 11.6 Å². The Hall–Kier alpha value is -2.69. The predicted molar refractivity (Wildman–Crippen MR) is 66.4 cm³/mol. The van der Waals surface area contributed by atoms with Crippen molar-refractivity contribution in [1.29, 1.82) is 0 Å². The molecule has 1 aliphatic rings. The highest BCUT2D eigenvalue weighted by molar-refractivity contribution is 6.24. The van der Waals surface area contributed by atoms with Crippen molar-refractivity contribution in [2.24, 2.45) is 0 Å². The Balaban J connectivity index is 2.57. The summed E-state index contributed by atoms with van der Waals surface area (Å²) in [5.41, 5.74) is -0.103. The van der Waals surface area contributed by atoms with E-state index in [-0.39, 0.29) is 28.2 Å². The molecule has 5 nitrogen and oxygen atoms in total. The molecule has 96 valence electrons. The number of phenolic OH excluding ortho intramolecular Hbond substituents is 1. The fourth-order valence-corrected chi connectivity index (χ4v) is 1.66. The lowest BCUT2D eigenvalue weighted by molar-refractivity contribution is -0.130. The van der Waals surface area contributed by atoms with Crippen molar-refractivity contribution in [2.45, 2.75) is 6.92 Å². The standard InChI is InChI=1S/C14H10O5/c1-7(2)14(18)19-11-6-5-9(16)12-8(15)3-4-10(17)13(11)12/h3-6,16H,1H2,2H3. The summed E-state index contributed by atoms with van der Waals surface area (Å²) in [6.07, 6.45) is 2.14. The molecular formula is C14H10O5. The van der Waals surface area contributed by atoms with Crippen LogP contribution in [-0.4, -0.2) is 22.6 Å². The molecule has 0 fully saturated rings. The van der Waals surface area contributed by atoms with Gasteiger partial charge in [0.25, 0.3) is 0 Å². The highest BCUT2D eigenvalue weighted by Crippen LogP contribution is 2.33. The second-order valence-corrected chi connectivity index (χ2v) is 4.06. The summed E-state index contributed by atoms with van der Waals surface area (Å²) in [6, 6.07) is 2.46. The number of phenols is 1. The molecule has 1 aliphatic carbocycles. The summed E-state index contributed by atoms with van der Waals surface area (Å²) in [5.74, 6) is -2.12. The van der Waals surface area contributed by atoms with Gasteiger partial charge in [-0.1, -0.05) is 6.58 Å². The third-order valence-electron chi connectivity index (χ3n) is 2.58. The number of aromatic hydroxyl groups is 1. The minimum absolute atomic E-state index is 0.0662. The van der Waals surface area contributed by atoms with E-state index in [1.165, 1.54) is 19.1 Å². The number of carbonyl (C=O) groups excluding carboxylic acids is 3. The van der Waals surface area contributed by atoms with Gasteiger partial charge in [0.2, 0.25) is 0 Å². The molecule has 0 amide bonds. The van der Waals surface area contributed by atoms with Crippen LogP contribution in [-0.2, 0) is 4.79 Å². The van der Waals surface area contributed by atoms with Crippen LogP contribution in [0, 0.1) is 0 Å². The number of hydrogen-bond acceptors (Lipinski definition) is 5. The van der Waals surface area contributed by atoms with Gasteiger partial charge < -0.3 is 9.84 Å². The quantitative estimate of drug-likeness (QED) is 0.497. The van der Waals surface area contributed by atoms with Gasteiger partial charge in [-0.2, -0.15) is 0 Å². The molecular weight excluding hydrogens is 248 g/mol. The second-order valence-electron chi connectivity index (χ2n) is 4.06. The lowest BCUT2D eigenvalue weighted by Crippen LogP contribution is -2.16. The van der Waals surface area contributed by atoms with Gasteiger partial charge in [0.05, 0.1) is 11.1 Å². The van der Waals surface area contributed by atoms with E-state index < -0.39 is 17.5 Å². The molecule has 1 aromatic carbocycles. The molecule has 0 saturated carbocycles. The Bertz CT molecular complexity index is 652. The first kappa shape index (κ1) is 12.8. The molecule has 1 N–H and O–H groups in total. The summed E-state index contributed by atoms with van der Waals surface area (Å²) in [4.78, 5) is 34.9. The van der Waals surface area contributed by atoms with E-state index in [4.69, 9.17) is 4.74 Å². The Labute approximate surface area is 108 Å². The number of ketones is 2. The van der Waals surface area contributed by atoms with Gasteiger partial charge in [-0.05, 0) is 31.2 Å². The average molecular weight is 258 g/mol. The zero-order chi connectivity index (χ0) is 14.2. The van der Waals surface area contributed by atoms with E-state index >= 15 is 0 Å². The number of allylic oxidation sites excluding steroid dienone is 2. The maximum atomic E-state index is 11.8. The first-order valence-electron chi connectivity index (χ1n) is 5.42. The molecule has 0 spiro atoms. The minimum atomic E-state index is -0.706. The van der Waals surface area contributed by atoms with Crippen molar-refractivity contribution in [3.63, 3.8) is 0 Å². The Morgan fingerprint density at radius 3 is 2.32 bits per heavy atom. The van der Waals surface area contributed by atoms with Gasteiger partial charge in [-0.3, -0.25) is 9.59 Å². The Kier molecular flexibility index (Phi) is 3.04. The SMILES string of the molecule is C=C(C)C(=O)Oc1ccc(O)c2c1C(=O)C=CC2=O. The van der Waals surface area contributed by atoms with E-state index in [9.17, 15) is 19.5 Å². The number of carbonyl (C=O) groups is 3. The molecule has 19 heavy (non-hydrogen) atoms. The topological polar surface area (TPSA) is 80.7 Å². The maximum absolute atomic E-state index is 11.8. The molecule has 0 bridgehead atoms. The van der Waals surface area contributed by atoms with E-state index in [1.54, 1.807) is 0 Å². The first-order valence-corrected chi connectivity index (χ1v) is 5.42. The van der Waals surface area contributed by atoms with Gasteiger partial charge in [0, 0.05) is 5.57 Å². The van der Waals surface area contributed by atoms with Crippen LogP contribution in [0.25, 0.3) is 0 Å². The largest absolute Gasteiger partial charge is 0.507 e. The number of rotatable bonds is 2. The smallest absolute Gasteiger partial charge is 0.338 e. The maximum Gasteiger partial charge on any atom is 0.338 e. The van der Waals surface area contributed by atoms with Gasteiger partial charge in [-0.15, -0.1) is 0 Å². The van der Waals surface area contributed by atoms with Crippen molar-refractivity contribution < 1.29 is 24.2 Å². The fraction of sp³-hybridized carbons (Fsp3) is 0.0714. The van der Waals surface area contributed by atoms with E-state index in [0.29, 0.717) is 0 Å². The van der Waals surface area contributed by atoms with Crippen LogP contribution >= 0.6 is 0 Å². The monoisotopic (exact) mass is 258 g/mol. The highest BCUT2D eigenvalue weighted by atomic mass is 16.5. The van der Waals surface area contributed by atoms with Crippen LogP contribution in [0.2, 0.25) is 0 Å². The lowest BCUT2D eigenvalue weighted by Gasteiger charge is -2.15. The molecule has 0 saturated heterocycles. The first-order chi connectivity index (χ1) is 8.91. The number of esters is 1. The zero-order valence-electron chi connectivity index (χ0n) is 10.1. The van der Waals surface area contributed by atoms with Crippen molar-refractivity contribution in [3.05, 3.63) is 47.6 Å². The molecule has 0 aromatic heterocycles. The minimum Gasteiger partial charge on any atom is -0.507 e. The van der Waals surface area contributed by atoms with E-state index in [2.05, 4.69) is 6.58 Å². The fourth-order valence-electron chi connectivity index (χ4n) is 1.66. The zero-order valence-corrected chi connectivity index (χ0v) is 10.1. The molecule has 1 aromatic rings. The van der Waals surface area contributed by atoms with E-state index in [1.807, 2.05) is 0 Å². The van der Waals surface area contributed by atoms with Crippen molar-refractivity contribution in [2.75, 3.05) is 0 Å². The summed E-state index contributed by atoms with van der Waals surface area (Å²) in [7, 11) is 0. The van der Waals surface area contributed by atoms with Gasteiger partial charge in [-0.25, -0.2) is 4.79 Å². The van der Waals surface area contributed by atoms with Crippen LogP contribution in [0.1, 0.15) is 27.6 Å². The van der Waals surface area contributed by atoms with Gasteiger partial charge >= 0.3 is 5.97 Å². The molecule has 0 radical (unpaired) electrons. The summed E-state index contributed by atoms with van der Waals surface area (Å²) in [5, 5.41) is 9.65. The molecule has 0 heterocycles. The molecule has 5 heteroatoms. The number of ether oxygens (including phenoxy) is 1. The van der Waals surface area contributed by atoms with Crippen molar-refractivity contribution in [1.82, 2.24) is 0 Å². The van der Waals surface area contributed by atoms with E-state index in [0.717, 1.165) is 12.2 Å². The molecule has 0 unspecified atom stereocenters. The predicted octanol–water partition coefficient (Wildman–Crippen LogP) is 1.81. The van der Waals surface area contributed by atoms with Crippen LogP contribution in [0.15, 0.2) is 36.4 Å². The normalized spacial score (nSPS) is 13.1. The summed E-state index contributed by atoms with van der Waals surface area (Å²) < 4.78 is 4.99. The molecule has 2 rings (SSSR count). The number of benzene rings is 1. The van der Waals surface area contributed by atoms with Crippen LogP contribution in [0.5, 0.6) is 11.5 Å². The summed E-state index contributed by atoms with van der Waals surface area (Å²) in [6.45, 7) is 4.89. The molecule has 0 atom stereocenters. The van der Waals surface area contributed by atoms with Crippen LogP contribution in [0.3, 0.4) is 0 Å². The summed E-state index contributed by atoms with van der Waals surface area (Å²) >= 11 is 0. The van der Waals surface area contributed by atoms with Crippen LogP contribution < -0.4 is 4.74 Å². The van der Waals surface area contributed by atoms with Crippen LogP contribution in [0.4, 0.5) is 0 Å². The van der Waals surface area contributed by atoms with Crippen molar-refractivity contribution in [3.8, 4) is 11.5 Å². The molecule has 0 aliphatic heterocycles. The lowest BCUT2D eigenvalue weighted by atomic mass is 9.93. The Morgan fingerprint density at radius 2 is 1.74 bits per heavy atom. The average Bonchev–Trinajstić information content (AvgIpc) is 2.36.